The molecule has 1 aromatic carbocycles. The third-order valence-electron chi connectivity index (χ3n) is 4.63. The minimum Gasteiger partial charge on any atom is -0.455 e. The second-order valence-electron chi connectivity index (χ2n) is 6.68. The summed E-state index contributed by atoms with van der Waals surface area (Å²) in [6.45, 7) is 1.52. The van der Waals surface area contributed by atoms with Gasteiger partial charge in [0.25, 0.3) is 5.91 Å². The fraction of sp³-hybridized carbons (Fsp3) is 0.500. The van der Waals surface area contributed by atoms with Gasteiger partial charge in [-0.15, -0.1) is 0 Å². The van der Waals surface area contributed by atoms with Crippen molar-refractivity contribution in [2.75, 3.05) is 24.7 Å². The zero-order valence-corrected chi connectivity index (χ0v) is 17.5. The summed E-state index contributed by atoms with van der Waals surface area (Å²) in [5.41, 5.74) is 5.66. The van der Waals surface area contributed by atoms with Gasteiger partial charge in [-0.25, -0.2) is 13.2 Å². The normalized spacial score (nSPS) is 18.6. The molecule has 11 heteroatoms. The van der Waals surface area contributed by atoms with Gasteiger partial charge in [0, 0.05) is 17.6 Å². The number of halogens is 1. The summed E-state index contributed by atoms with van der Waals surface area (Å²) < 4.78 is 28.3. The number of esters is 1. The van der Waals surface area contributed by atoms with E-state index in [1.165, 1.54) is 4.90 Å². The van der Waals surface area contributed by atoms with Crippen LogP contribution < -0.4 is 11.1 Å². The first-order valence-corrected chi connectivity index (χ1v) is 11.3. The number of carbonyl (C=O) groups excluding carboxylic acids is 3. The second-order valence-corrected chi connectivity index (χ2v) is 9.32. The van der Waals surface area contributed by atoms with Crippen molar-refractivity contribution in [3.63, 3.8) is 0 Å². The highest BCUT2D eigenvalue weighted by molar-refractivity contribution is 7.91. The summed E-state index contributed by atoms with van der Waals surface area (Å²) >= 11 is 6.12. The number of nitrogens with one attached hydrogen (secondary N) is 1. The Kier molecular flexibility index (Phi) is 7.86. The van der Waals surface area contributed by atoms with Gasteiger partial charge < -0.3 is 20.7 Å². The van der Waals surface area contributed by atoms with Crippen LogP contribution in [0.3, 0.4) is 0 Å². The number of hydrogen-bond acceptors (Lipinski definition) is 6. The van der Waals surface area contributed by atoms with Crippen LogP contribution in [0.1, 0.15) is 31.4 Å². The number of benzene rings is 1. The molecule has 2 rings (SSSR count). The average molecular weight is 446 g/mol. The third kappa shape index (κ3) is 6.60. The maximum atomic E-state index is 12.4. The molecule has 1 saturated heterocycles. The van der Waals surface area contributed by atoms with Gasteiger partial charge in [-0.05, 0) is 25.0 Å². The monoisotopic (exact) mass is 445 g/mol. The number of likely N-dealkylation sites (N-methyl/N-ethyl adjacent to an activating group) is 1. The minimum atomic E-state index is -3.14. The largest absolute Gasteiger partial charge is 0.455 e. The van der Waals surface area contributed by atoms with Gasteiger partial charge in [0.2, 0.25) is 0 Å². The molecule has 0 bridgehead atoms. The summed E-state index contributed by atoms with van der Waals surface area (Å²) in [6.07, 6.45) is 0.0941. The van der Waals surface area contributed by atoms with Crippen molar-refractivity contribution in [2.45, 2.75) is 31.8 Å². The number of ether oxygens (including phenoxy) is 1. The van der Waals surface area contributed by atoms with Gasteiger partial charge in [-0.3, -0.25) is 9.59 Å². The molecule has 3 amide bonds. The summed E-state index contributed by atoms with van der Waals surface area (Å²) in [5.74, 6) is -1.25. The lowest BCUT2D eigenvalue weighted by atomic mass is 10.0. The number of primary amides is 1. The van der Waals surface area contributed by atoms with Crippen LogP contribution in [0, 0.1) is 0 Å². The van der Waals surface area contributed by atoms with Crippen molar-refractivity contribution in [3.8, 4) is 0 Å². The SMILES string of the molecule is CCN(C(=O)COC(=O)C[C@H](NC(N)=O)c1ccccc1Cl)[C@@H]1CCS(=O)(=O)C1. The quantitative estimate of drug-likeness (QED) is 0.573. The zero-order valence-electron chi connectivity index (χ0n) is 16.0. The van der Waals surface area contributed by atoms with E-state index in [2.05, 4.69) is 5.32 Å². The van der Waals surface area contributed by atoms with Crippen molar-refractivity contribution < 1.29 is 27.5 Å². The lowest BCUT2D eigenvalue weighted by Crippen LogP contribution is -2.43. The Morgan fingerprint density at radius 2 is 2.03 bits per heavy atom. The van der Waals surface area contributed by atoms with E-state index in [4.69, 9.17) is 22.1 Å². The molecular weight excluding hydrogens is 422 g/mol. The molecule has 29 heavy (non-hydrogen) atoms. The van der Waals surface area contributed by atoms with Crippen LogP contribution in [0.4, 0.5) is 4.79 Å². The number of urea groups is 1. The van der Waals surface area contributed by atoms with Crippen LogP contribution in [-0.4, -0.2) is 61.9 Å². The summed E-state index contributed by atoms with van der Waals surface area (Å²) in [6, 6.07) is 4.58. The highest BCUT2D eigenvalue weighted by atomic mass is 35.5. The number of hydrogen-bond donors (Lipinski definition) is 2. The summed E-state index contributed by atoms with van der Waals surface area (Å²) in [7, 11) is -3.14. The number of nitrogens with two attached hydrogens (primary N) is 1. The van der Waals surface area contributed by atoms with Crippen LogP contribution >= 0.6 is 11.6 Å². The van der Waals surface area contributed by atoms with E-state index in [1.807, 2.05) is 0 Å². The highest BCUT2D eigenvalue weighted by Crippen LogP contribution is 2.25. The molecule has 2 atom stereocenters. The third-order valence-corrected chi connectivity index (χ3v) is 6.73. The molecular formula is C18H24ClN3O6S. The molecule has 0 spiro atoms. The van der Waals surface area contributed by atoms with E-state index in [9.17, 15) is 22.8 Å². The van der Waals surface area contributed by atoms with Crippen LogP contribution in [-0.2, 0) is 24.2 Å². The molecule has 160 valence electrons. The van der Waals surface area contributed by atoms with Gasteiger partial charge in [-0.2, -0.15) is 0 Å². The summed E-state index contributed by atoms with van der Waals surface area (Å²) in [5, 5.41) is 2.78. The average Bonchev–Trinajstić information content (AvgIpc) is 2.99. The molecule has 9 nitrogen and oxygen atoms in total. The predicted octanol–water partition coefficient (Wildman–Crippen LogP) is 1.02. The van der Waals surface area contributed by atoms with Crippen molar-refractivity contribution in [2.24, 2.45) is 5.73 Å². The Bertz CT molecular complexity index is 876. The van der Waals surface area contributed by atoms with Crippen LogP contribution in [0.5, 0.6) is 0 Å². The van der Waals surface area contributed by atoms with Crippen LogP contribution in [0.25, 0.3) is 0 Å². The molecule has 1 aliphatic rings. The maximum Gasteiger partial charge on any atom is 0.312 e. The van der Waals surface area contributed by atoms with Gasteiger partial charge in [0.05, 0.1) is 24.0 Å². The van der Waals surface area contributed by atoms with Crippen molar-refractivity contribution >= 4 is 39.3 Å². The van der Waals surface area contributed by atoms with E-state index in [-0.39, 0.29) is 17.9 Å². The minimum absolute atomic E-state index is 0.0412. The van der Waals surface area contributed by atoms with E-state index < -0.39 is 46.4 Å². The zero-order chi connectivity index (χ0) is 21.6. The molecule has 1 fully saturated rings. The lowest BCUT2D eigenvalue weighted by Gasteiger charge is -2.26. The Morgan fingerprint density at radius 1 is 1.34 bits per heavy atom. The number of amides is 3. The first-order valence-electron chi connectivity index (χ1n) is 9.09. The van der Waals surface area contributed by atoms with Crippen molar-refractivity contribution in [1.29, 1.82) is 0 Å². The van der Waals surface area contributed by atoms with Gasteiger partial charge in [0.1, 0.15) is 0 Å². The molecule has 1 aliphatic heterocycles. The molecule has 0 unspecified atom stereocenters. The molecule has 3 N–H and O–H groups in total. The smallest absolute Gasteiger partial charge is 0.312 e. The van der Waals surface area contributed by atoms with Gasteiger partial charge >= 0.3 is 12.0 Å². The van der Waals surface area contributed by atoms with Crippen molar-refractivity contribution in [1.82, 2.24) is 10.2 Å². The van der Waals surface area contributed by atoms with Crippen molar-refractivity contribution in [3.05, 3.63) is 34.9 Å². The van der Waals surface area contributed by atoms with Gasteiger partial charge in [-0.1, -0.05) is 29.8 Å². The Morgan fingerprint density at radius 3 is 2.59 bits per heavy atom. The number of rotatable bonds is 8. The number of nitrogens with zero attached hydrogens (tertiary/aromatic N) is 1. The van der Waals surface area contributed by atoms with E-state index >= 15 is 0 Å². The lowest BCUT2D eigenvalue weighted by molar-refractivity contribution is -0.153. The Balaban J connectivity index is 1.96. The standard InChI is InChI=1S/C18H24ClN3O6S/c1-2-22(12-7-8-29(26,27)11-12)16(23)10-28-17(24)9-15(21-18(20)25)13-5-3-4-6-14(13)19/h3-6,12,15H,2,7-11H2,1H3,(H3,20,21,25)/t12-,15+/m1/s1. The predicted molar refractivity (Wildman–Crippen MR) is 107 cm³/mol. The Labute approximate surface area is 174 Å². The molecule has 1 heterocycles. The molecule has 0 aromatic heterocycles. The van der Waals surface area contributed by atoms with E-state index in [0.717, 1.165) is 0 Å². The van der Waals surface area contributed by atoms with E-state index in [0.29, 0.717) is 23.6 Å². The summed E-state index contributed by atoms with van der Waals surface area (Å²) in [4.78, 5) is 37.3. The van der Waals surface area contributed by atoms with Crippen LogP contribution in [0.2, 0.25) is 5.02 Å². The number of carbonyl (C=O) groups is 3. The fourth-order valence-electron chi connectivity index (χ4n) is 3.28. The van der Waals surface area contributed by atoms with E-state index in [1.54, 1.807) is 31.2 Å². The fourth-order valence-corrected chi connectivity index (χ4v) is 5.28. The molecule has 0 radical (unpaired) electrons. The second kappa shape index (κ2) is 9.93. The molecule has 0 saturated carbocycles. The topological polar surface area (TPSA) is 136 Å². The van der Waals surface area contributed by atoms with Crippen LogP contribution in [0.15, 0.2) is 24.3 Å². The van der Waals surface area contributed by atoms with Gasteiger partial charge in [0.15, 0.2) is 16.4 Å². The molecule has 0 aliphatic carbocycles. The molecule has 1 aromatic rings. The highest BCUT2D eigenvalue weighted by Gasteiger charge is 2.34. The first-order chi connectivity index (χ1) is 13.6. The first kappa shape index (κ1) is 23.0. The Hall–Kier alpha value is -2.33. The maximum absolute atomic E-state index is 12.4. The number of sulfone groups is 1.